The topological polar surface area (TPSA) is 68.0 Å². The Balaban J connectivity index is 1.45. The van der Waals surface area contributed by atoms with Crippen LogP contribution in [0.3, 0.4) is 0 Å². The maximum absolute atomic E-state index is 14.6. The fourth-order valence-corrected chi connectivity index (χ4v) is 3.43. The van der Waals surface area contributed by atoms with Gasteiger partial charge in [0, 0.05) is 11.4 Å². The predicted molar refractivity (Wildman–Crippen MR) is 110 cm³/mol. The van der Waals surface area contributed by atoms with E-state index in [1.165, 1.54) is 42.1 Å². The Morgan fingerprint density at radius 1 is 0.933 bits per heavy atom. The van der Waals surface area contributed by atoms with Crippen molar-refractivity contribution in [2.24, 2.45) is 0 Å². The molecule has 0 unspecified atom stereocenters. The third kappa shape index (κ3) is 4.55. The molecule has 1 amide bonds. The van der Waals surface area contributed by atoms with Crippen LogP contribution in [0.2, 0.25) is 0 Å². The predicted octanol–water partition coefficient (Wildman–Crippen LogP) is 5.56. The van der Waals surface area contributed by atoms with Gasteiger partial charge in [-0.15, -0.1) is 10.2 Å². The molecule has 3 aromatic carbocycles. The van der Waals surface area contributed by atoms with Crippen molar-refractivity contribution in [1.82, 2.24) is 10.2 Å². The zero-order chi connectivity index (χ0) is 20.9. The lowest BCUT2D eigenvalue weighted by molar-refractivity contribution is 0.102. The van der Waals surface area contributed by atoms with E-state index < -0.39 is 17.5 Å². The second-order valence-electron chi connectivity index (χ2n) is 6.28. The first-order valence-corrected chi connectivity index (χ1v) is 9.95. The fourth-order valence-electron chi connectivity index (χ4n) is 2.71. The number of hydrogen-bond donors (Lipinski definition) is 1. The summed E-state index contributed by atoms with van der Waals surface area (Å²) < 4.78 is 33.8. The van der Waals surface area contributed by atoms with Crippen LogP contribution in [0.15, 0.2) is 82.4 Å². The van der Waals surface area contributed by atoms with Gasteiger partial charge >= 0.3 is 0 Å². The number of nitrogens with one attached hydrogen (secondary N) is 1. The summed E-state index contributed by atoms with van der Waals surface area (Å²) in [5.74, 6) is -1.29. The zero-order valence-electron chi connectivity index (χ0n) is 15.5. The zero-order valence-corrected chi connectivity index (χ0v) is 16.3. The van der Waals surface area contributed by atoms with E-state index in [1.54, 1.807) is 6.07 Å². The molecule has 0 aliphatic rings. The lowest BCUT2D eigenvalue weighted by atomic mass is 10.1. The summed E-state index contributed by atoms with van der Waals surface area (Å²) in [5.41, 5.74) is 1.27. The Morgan fingerprint density at radius 3 is 2.47 bits per heavy atom. The molecule has 0 fully saturated rings. The monoisotopic (exact) mass is 423 g/mol. The molecule has 5 nitrogen and oxygen atoms in total. The Bertz CT molecular complexity index is 1180. The fraction of sp³-hybridized carbons (Fsp3) is 0.0455. The summed E-state index contributed by atoms with van der Waals surface area (Å²) in [7, 11) is 0. The number of carbonyl (C=O) groups is 1. The van der Waals surface area contributed by atoms with Crippen LogP contribution in [0.5, 0.6) is 0 Å². The first-order valence-electron chi connectivity index (χ1n) is 8.96. The quantitative estimate of drug-likeness (QED) is 0.411. The van der Waals surface area contributed by atoms with Crippen LogP contribution < -0.4 is 5.32 Å². The molecule has 1 heterocycles. The van der Waals surface area contributed by atoms with E-state index in [0.29, 0.717) is 11.0 Å². The largest absolute Gasteiger partial charge is 0.411 e. The maximum Gasteiger partial charge on any atom is 0.277 e. The van der Waals surface area contributed by atoms with Crippen LogP contribution in [0.4, 0.5) is 14.5 Å². The first-order chi connectivity index (χ1) is 14.6. The van der Waals surface area contributed by atoms with Crippen molar-refractivity contribution in [2.45, 2.75) is 11.0 Å². The van der Waals surface area contributed by atoms with E-state index in [0.717, 1.165) is 11.6 Å². The third-order valence-electron chi connectivity index (χ3n) is 4.19. The summed E-state index contributed by atoms with van der Waals surface area (Å²) in [5, 5.41) is 10.6. The third-order valence-corrected chi connectivity index (χ3v) is 5.08. The molecular weight excluding hydrogens is 408 g/mol. The van der Waals surface area contributed by atoms with Gasteiger partial charge < -0.3 is 9.73 Å². The summed E-state index contributed by atoms with van der Waals surface area (Å²) in [6.45, 7) is 0. The molecule has 8 heteroatoms. The van der Waals surface area contributed by atoms with Crippen LogP contribution in [0.1, 0.15) is 15.9 Å². The first kappa shape index (κ1) is 19.8. The summed E-state index contributed by atoms with van der Waals surface area (Å²) in [4.78, 5) is 12.2. The highest BCUT2D eigenvalue weighted by Gasteiger charge is 2.16. The van der Waals surface area contributed by atoms with Gasteiger partial charge in [-0.3, -0.25) is 4.79 Å². The number of halogens is 2. The molecule has 30 heavy (non-hydrogen) atoms. The Labute approximate surface area is 175 Å². The van der Waals surface area contributed by atoms with Crippen molar-refractivity contribution in [3.05, 3.63) is 95.6 Å². The van der Waals surface area contributed by atoms with E-state index in [1.807, 2.05) is 30.3 Å². The molecule has 0 aliphatic heterocycles. The van der Waals surface area contributed by atoms with E-state index in [2.05, 4.69) is 15.5 Å². The lowest BCUT2D eigenvalue weighted by Gasteiger charge is -2.07. The van der Waals surface area contributed by atoms with Gasteiger partial charge in [-0.1, -0.05) is 54.2 Å². The smallest absolute Gasteiger partial charge is 0.277 e. The molecule has 4 aromatic rings. The molecular formula is C22H15F2N3O2S. The van der Waals surface area contributed by atoms with Crippen molar-refractivity contribution in [2.75, 3.05) is 5.32 Å². The normalized spacial score (nSPS) is 10.7. The van der Waals surface area contributed by atoms with Crippen LogP contribution in [0, 0.1) is 11.6 Å². The molecule has 0 radical (unpaired) electrons. The number of thioether (sulfide) groups is 1. The molecule has 0 spiro atoms. The van der Waals surface area contributed by atoms with Gasteiger partial charge in [-0.25, -0.2) is 8.78 Å². The average Bonchev–Trinajstić information content (AvgIpc) is 3.22. The maximum atomic E-state index is 14.6. The second-order valence-corrected chi connectivity index (χ2v) is 7.20. The van der Waals surface area contributed by atoms with Gasteiger partial charge in [-0.2, -0.15) is 0 Å². The Hall–Kier alpha value is -3.52. The second kappa shape index (κ2) is 8.87. The minimum absolute atomic E-state index is 0.0371. The van der Waals surface area contributed by atoms with Gasteiger partial charge in [0.15, 0.2) is 0 Å². The summed E-state index contributed by atoms with van der Waals surface area (Å²) in [6, 6.07) is 19.4. The van der Waals surface area contributed by atoms with Gasteiger partial charge in [0.25, 0.3) is 17.0 Å². The highest BCUT2D eigenvalue weighted by Crippen LogP contribution is 2.28. The van der Waals surface area contributed by atoms with Crippen LogP contribution in [-0.2, 0) is 5.75 Å². The number of anilines is 1. The van der Waals surface area contributed by atoms with Crippen molar-refractivity contribution >= 4 is 23.4 Å². The molecule has 0 bridgehead atoms. The van der Waals surface area contributed by atoms with Crippen molar-refractivity contribution in [1.29, 1.82) is 0 Å². The molecule has 0 saturated heterocycles. The van der Waals surface area contributed by atoms with Crippen molar-refractivity contribution in [3.8, 4) is 11.5 Å². The molecule has 1 N–H and O–H groups in total. The summed E-state index contributed by atoms with van der Waals surface area (Å²) in [6.07, 6.45) is 0. The highest BCUT2D eigenvalue weighted by molar-refractivity contribution is 7.98. The minimum Gasteiger partial charge on any atom is -0.411 e. The number of benzene rings is 3. The average molecular weight is 423 g/mol. The number of nitrogens with zero attached hydrogens (tertiary/aromatic N) is 2. The van der Waals surface area contributed by atoms with Crippen molar-refractivity contribution in [3.63, 3.8) is 0 Å². The van der Waals surface area contributed by atoms with Gasteiger partial charge in [0.05, 0.1) is 11.1 Å². The number of amides is 1. The van der Waals surface area contributed by atoms with Gasteiger partial charge in [-0.05, 0) is 35.9 Å². The van der Waals surface area contributed by atoms with Crippen LogP contribution in [-0.4, -0.2) is 16.1 Å². The van der Waals surface area contributed by atoms with Gasteiger partial charge in [0.1, 0.15) is 11.6 Å². The SMILES string of the molecule is O=C(Nc1ccc(-c2nnc(SCc3ccccc3)o2)c(F)c1)c1ccccc1F. The molecule has 0 atom stereocenters. The van der Waals surface area contributed by atoms with E-state index in [9.17, 15) is 13.6 Å². The van der Waals surface area contributed by atoms with Crippen molar-refractivity contribution < 1.29 is 18.0 Å². The van der Waals surface area contributed by atoms with Gasteiger partial charge in [0.2, 0.25) is 0 Å². The molecule has 4 rings (SSSR count). The molecule has 0 saturated carbocycles. The van der Waals surface area contributed by atoms with E-state index in [-0.39, 0.29) is 22.7 Å². The van der Waals surface area contributed by atoms with Crippen LogP contribution >= 0.6 is 11.8 Å². The number of hydrogen-bond acceptors (Lipinski definition) is 5. The minimum atomic E-state index is -0.669. The lowest BCUT2D eigenvalue weighted by Crippen LogP contribution is -2.13. The number of aromatic nitrogens is 2. The summed E-state index contributed by atoms with van der Waals surface area (Å²) >= 11 is 1.35. The van der Waals surface area contributed by atoms with Crippen LogP contribution in [0.25, 0.3) is 11.5 Å². The highest BCUT2D eigenvalue weighted by atomic mass is 32.2. The molecule has 1 aromatic heterocycles. The number of carbonyl (C=O) groups excluding carboxylic acids is 1. The number of rotatable bonds is 6. The van der Waals surface area contributed by atoms with E-state index in [4.69, 9.17) is 4.42 Å². The Kier molecular flexibility index (Phi) is 5.85. The molecule has 150 valence electrons. The Morgan fingerprint density at radius 2 is 1.70 bits per heavy atom. The molecule has 0 aliphatic carbocycles. The van der Waals surface area contributed by atoms with E-state index >= 15 is 0 Å². The standard InChI is InChI=1S/C22H15F2N3O2S/c23-18-9-5-4-8-16(18)20(28)25-15-10-11-17(19(24)12-15)21-26-27-22(29-21)30-13-14-6-2-1-3-7-14/h1-12H,13H2,(H,25,28).